The summed E-state index contributed by atoms with van der Waals surface area (Å²) in [4.78, 5) is 4.54. The lowest BCUT2D eigenvalue weighted by Gasteiger charge is -2.09. The van der Waals surface area contributed by atoms with Gasteiger partial charge in [-0.2, -0.15) is 5.26 Å². The summed E-state index contributed by atoms with van der Waals surface area (Å²) in [6.07, 6.45) is 0. The third-order valence-corrected chi connectivity index (χ3v) is 3.23. The molecule has 0 amide bonds. The van der Waals surface area contributed by atoms with Crippen LogP contribution in [0.3, 0.4) is 0 Å². The van der Waals surface area contributed by atoms with Crippen LogP contribution in [-0.4, -0.2) is 11.5 Å². The van der Waals surface area contributed by atoms with E-state index in [1.54, 1.807) is 0 Å². The maximum atomic E-state index is 9.07. The van der Waals surface area contributed by atoms with Gasteiger partial charge in [0.25, 0.3) is 0 Å². The van der Waals surface area contributed by atoms with Gasteiger partial charge in [0.1, 0.15) is 11.9 Å². The maximum Gasteiger partial charge on any atom is 0.144 e. The van der Waals surface area contributed by atoms with Gasteiger partial charge < -0.3 is 5.32 Å². The van der Waals surface area contributed by atoms with Gasteiger partial charge in [-0.05, 0) is 30.5 Å². The summed E-state index contributed by atoms with van der Waals surface area (Å²) in [6, 6.07) is 14.3. The zero-order chi connectivity index (χ0) is 14.5. The Hall–Kier alpha value is -2.34. The lowest BCUT2D eigenvalue weighted by atomic mass is 10.0. The largest absolute Gasteiger partial charge is 0.369 e. The molecule has 0 radical (unpaired) electrons. The summed E-state index contributed by atoms with van der Waals surface area (Å²) in [7, 11) is 0. The molecule has 0 aliphatic rings. The molecule has 1 aromatic carbocycles. The van der Waals surface area contributed by atoms with Crippen LogP contribution in [0.25, 0.3) is 11.3 Å². The lowest BCUT2D eigenvalue weighted by molar-refractivity contribution is 0.867. The van der Waals surface area contributed by atoms with Gasteiger partial charge in [-0.25, -0.2) is 4.98 Å². The topological polar surface area (TPSA) is 48.7 Å². The molecule has 20 heavy (non-hydrogen) atoms. The van der Waals surface area contributed by atoms with Crippen molar-refractivity contribution in [3.05, 3.63) is 47.5 Å². The quantitative estimate of drug-likeness (QED) is 0.902. The number of nitrogens with one attached hydrogen (secondary N) is 1. The van der Waals surface area contributed by atoms with Crippen molar-refractivity contribution in [1.29, 1.82) is 5.26 Å². The van der Waals surface area contributed by atoms with Crippen molar-refractivity contribution in [2.24, 2.45) is 0 Å². The summed E-state index contributed by atoms with van der Waals surface area (Å²) >= 11 is 0. The van der Waals surface area contributed by atoms with Gasteiger partial charge in [-0.3, -0.25) is 0 Å². The lowest BCUT2D eigenvalue weighted by Crippen LogP contribution is -2.02. The van der Waals surface area contributed by atoms with Crippen LogP contribution in [0.15, 0.2) is 36.4 Å². The van der Waals surface area contributed by atoms with E-state index in [0.717, 1.165) is 17.8 Å². The summed E-state index contributed by atoms with van der Waals surface area (Å²) < 4.78 is 0. The van der Waals surface area contributed by atoms with Crippen molar-refractivity contribution >= 4 is 5.82 Å². The summed E-state index contributed by atoms with van der Waals surface area (Å²) in [6.45, 7) is 7.10. The van der Waals surface area contributed by atoms with Crippen LogP contribution in [0, 0.1) is 11.3 Å². The fourth-order valence-corrected chi connectivity index (χ4v) is 2.05. The monoisotopic (exact) mass is 265 g/mol. The fourth-order valence-electron chi connectivity index (χ4n) is 2.05. The molecule has 0 saturated heterocycles. The van der Waals surface area contributed by atoms with Crippen molar-refractivity contribution in [2.45, 2.75) is 26.7 Å². The minimum Gasteiger partial charge on any atom is -0.369 e. The molecule has 3 heteroatoms. The average molecular weight is 265 g/mol. The number of nitrogens with zero attached hydrogens (tertiary/aromatic N) is 2. The van der Waals surface area contributed by atoms with E-state index >= 15 is 0 Å². The molecule has 102 valence electrons. The predicted molar refractivity (Wildman–Crippen MR) is 82.6 cm³/mol. The van der Waals surface area contributed by atoms with E-state index in [4.69, 9.17) is 5.26 Å². The molecule has 0 fully saturated rings. The van der Waals surface area contributed by atoms with Gasteiger partial charge in [0, 0.05) is 12.1 Å². The Labute approximate surface area is 120 Å². The van der Waals surface area contributed by atoms with Crippen LogP contribution in [0.2, 0.25) is 0 Å². The molecule has 2 aromatic rings. The molecule has 0 aliphatic heterocycles. The second-order valence-corrected chi connectivity index (χ2v) is 5.01. The first-order valence-electron chi connectivity index (χ1n) is 6.91. The maximum absolute atomic E-state index is 9.07. The van der Waals surface area contributed by atoms with Crippen LogP contribution in [-0.2, 0) is 0 Å². The molecule has 0 unspecified atom stereocenters. The Morgan fingerprint density at radius 3 is 2.40 bits per heavy atom. The van der Waals surface area contributed by atoms with Crippen molar-refractivity contribution in [1.82, 2.24) is 4.98 Å². The van der Waals surface area contributed by atoms with Gasteiger partial charge in [0.05, 0.1) is 11.3 Å². The molecular formula is C17H19N3. The molecule has 0 spiro atoms. The smallest absolute Gasteiger partial charge is 0.144 e. The molecule has 1 heterocycles. The standard InChI is InChI=1S/C17H19N3/c1-4-19-17-15(11-18)9-10-16(20-17)14-7-5-13(6-8-14)12(2)3/h5-10,12H,4H2,1-3H3,(H,19,20). The number of anilines is 1. The number of nitriles is 1. The molecule has 0 aliphatic carbocycles. The minimum absolute atomic E-state index is 0.523. The van der Waals surface area contributed by atoms with E-state index in [9.17, 15) is 0 Å². The van der Waals surface area contributed by atoms with Crippen LogP contribution in [0.4, 0.5) is 5.82 Å². The van der Waals surface area contributed by atoms with Crippen molar-refractivity contribution in [3.8, 4) is 17.3 Å². The molecule has 0 atom stereocenters. The van der Waals surface area contributed by atoms with Gasteiger partial charge in [0.15, 0.2) is 0 Å². The second kappa shape index (κ2) is 6.21. The fraction of sp³-hybridized carbons (Fsp3) is 0.294. The molecule has 1 aromatic heterocycles. The zero-order valence-corrected chi connectivity index (χ0v) is 12.1. The highest BCUT2D eigenvalue weighted by molar-refractivity contribution is 5.65. The third kappa shape index (κ3) is 2.97. The van der Waals surface area contributed by atoms with E-state index in [1.807, 2.05) is 19.1 Å². The van der Waals surface area contributed by atoms with Gasteiger partial charge in [-0.1, -0.05) is 38.1 Å². The van der Waals surface area contributed by atoms with Crippen LogP contribution in [0.1, 0.15) is 37.8 Å². The highest BCUT2D eigenvalue weighted by Crippen LogP contribution is 2.23. The third-order valence-electron chi connectivity index (χ3n) is 3.23. The SMILES string of the molecule is CCNc1nc(-c2ccc(C(C)C)cc2)ccc1C#N. The molecule has 3 nitrogen and oxygen atoms in total. The molecule has 0 saturated carbocycles. The van der Waals surface area contributed by atoms with E-state index in [-0.39, 0.29) is 0 Å². The van der Waals surface area contributed by atoms with Gasteiger partial charge in [-0.15, -0.1) is 0 Å². The van der Waals surface area contributed by atoms with Crippen molar-refractivity contribution in [3.63, 3.8) is 0 Å². The van der Waals surface area contributed by atoms with Crippen LogP contribution in [0.5, 0.6) is 0 Å². The first-order chi connectivity index (χ1) is 9.65. The first kappa shape index (κ1) is 14.1. The summed E-state index contributed by atoms with van der Waals surface area (Å²) in [5.41, 5.74) is 3.84. The summed E-state index contributed by atoms with van der Waals surface area (Å²) in [5, 5.41) is 12.2. The number of aromatic nitrogens is 1. The van der Waals surface area contributed by atoms with Gasteiger partial charge >= 0.3 is 0 Å². The Kier molecular flexibility index (Phi) is 4.37. The number of benzene rings is 1. The number of pyridine rings is 1. The molecule has 1 N–H and O–H groups in total. The number of rotatable bonds is 4. The highest BCUT2D eigenvalue weighted by Gasteiger charge is 2.07. The molecule has 0 bridgehead atoms. The van der Waals surface area contributed by atoms with E-state index in [1.165, 1.54) is 5.56 Å². The van der Waals surface area contributed by atoms with Crippen LogP contribution < -0.4 is 5.32 Å². The average Bonchev–Trinajstić information content (AvgIpc) is 2.47. The van der Waals surface area contributed by atoms with Gasteiger partial charge in [0.2, 0.25) is 0 Å². The van der Waals surface area contributed by atoms with E-state index in [0.29, 0.717) is 17.3 Å². The normalized spacial score (nSPS) is 10.3. The van der Waals surface area contributed by atoms with Crippen LogP contribution >= 0.6 is 0 Å². The Bertz CT molecular complexity index is 622. The zero-order valence-electron chi connectivity index (χ0n) is 12.1. The first-order valence-corrected chi connectivity index (χ1v) is 6.91. The predicted octanol–water partition coefficient (Wildman–Crippen LogP) is 4.18. The van der Waals surface area contributed by atoms with E-state index < -0.39 is 0 Å². The molecular weight excluding hydrogens is 246 g/mol. The Morgan fingerprint density at radius 1 is 1.15 bits per heavy atom. The Balaban J connectivity index is 2.37. The summed E-state index contributed by atoms with van der Waals surface area (Å²) in [5.74, 6) is 1.18. The second-order valence-electron chi connectivity index (χ2n) is 5.01. The highest BCUT2D eigenvalue weighted by atomic mass is 15.0. The van der Waals surface area contributed by atoms with E-state index in [2.05, 4.69) is 54.5 Å². The number of hydrogen-bond acceptors (Lipinski definition) is 3. The van der Waals surface area contributed by atoms with Crippen molar-refractivity contribution < 1.29 is 0 Å². The molecule has 2 rings (SSSR count). The van der Waals surface area contributed by atoms with Crippen molar-refractivity contribution in [2.75, 3.05) is 11.9 Å². The Morgan fingerprint density at radius 2 is 1.85 bits per heavy atom. The minimum atomic E-state index is 0.523. The number of hydrogen-bond donors (Lipinski definition) is 1.